The van der Waals surface area contributed by atoms with Crippen molar-refractivity contribution in [2.45, 2.75) is 38.6 Å². The first-order valence-corrected chi connectivity index (χ1v) is 6.71. The second-order valence-corrected chi connectivity index (χ2v) is 4.89. The normalized spacial score (nSPS) is 20.9. The first-order chi connectivity index (χ1) is 8.75. The van der Waals surface area contributed by atoms with Crippen LogP contribution in [0.25, 0.3) is 0 Å². The Balaban J connectivity index is 1.66. The Hall–Kier alpha value is -1.23. The lowest BCUT2D eigenvalue weighted by Gasteiger charge is -2.33. The first-order valence-electron chi connectivity index (χ1n) is 6.71. The highest BCUT2D eigenvalue weighted by atomic mass is 19.1. The van der Waals surface area contributed by atoms with Crippen LogP contribution in [-0.2, 0) is 0 Å². The summed E-state index contributed by atoms with van der Waals surface area (Å²) in [4.78, 5) is 9.92. The number of nitrogens with zero attached hydrogens (tertiary/aromatic N) is 3. The predicted octanol–water partition coefficient (Wildman–Crippen LogP) is 2.29. The largest absolute Gasteiger partial charge is 0.370 e. The summed E-state index contributed by atoms with van der Waals surface area (Å²) in [5.74, 6) is 0.0753. The van der Waals surface area contributed by atoms with Crippen LogP contribution in [0.15, 0.2) is 12.4 Å². The van der Waals surface area contributed by atoms with Gasteiger partial charge in [-0.25, -0.2) is 9.97 Å². The summed E-state index contributed by atoms with van der Waals surface area (Å²) in [6.07, 6.45) is 6.27. The van der Waals surface area contributed by atoms with E-state index in [2.05, 4.69) is 27.1 Å². The molecule has 1 fully saturated rings. The van der Waals surface area contributed by atoms with Crippen molar-refractivity contribution in [3.05, 3.63) is 18.3 Å². The molecule has 1 N–H and O–H groups in total. The molecule has 5 heteroatoms. The number of rotatable bonds is 5. The van der Waals surface area contributed by atoms with Gasteiger partial charge in [-0.1, -0.05) is 6.42 Å². The third-order valence-electron chi connectivity index (χ3n) is 3.50. The summed E-state index contributed by atoms with van der Waals surface area (Å²) in [7, 11) is 0. The lowest BCUT2D eigenvalue weighted by atomic mass is 10.0. The van der Waals surface area contributed by atoms with Gasteiger partial charge in [0.05, 0.1) is 0 Å². The molecular formula is C13H21FN4. The van der Waals surface area contributed by atoms with E-state index in [0.29, 0.717) is 11.9 Å². The quantitative estimate of drug-likeness (QED) is 0.645. The minimum absolute atomic E-state index is 0.489. The molecule has 0 radical (unpaired) electrons. The molecular weight excluding hydrogens is 231 g/mol. The number of halogens is 1. The zero-order chi connectivity index (χ0) is 12.8. The lowest BCUT2D eigenvalue weighted by Crippen LogP contribution is -2.38. The van der Waals surface area contributed by atoms with Gasteiger partial charge in [0.25, 0.3) is 0 Å². The predicted molar refractivity (Wildman–Crippen MR) is 70.0 cm³/mol. The molecule has 0 spiro atoms. The van der Waals surface area contributed by atoms with Crippen molar-refractivity contribution < 1.29 is 4.39 Å². The van der Waals surface area contributed by atoms with Crippen molar-refractivity contribution in [2.75, 3.05) is 25.0 Å². The van der Waals surface area contributed by atoms with Gasteiger partial charge in [-0.05, 0) is 32.7 Å². The lowest BCUT2D eigenvalue weighted by molar-refractivity contribution is 0.160. The van der Waals surface area contributed by atoms with Crippen LogP contribution in [0, 0.1) is 5.95 Å². The maximum atomic E-state index is 12.8. The average molecular weight is 252 g/mol. The van der Waals surface area contributed by atoms with Crippen molar-refractivity contribution in [3.8, 4) is 0 Å². The molecule has 0 saturated carbocycles. The van der Waals surface area contributed by atoms with Gasteiger partial charge in [0.1, 0.15) is 12.1 Å². The zero-order valence-electron chi connectivity index (χ0n) is 10.9. The van der Waals surface area contributed by atoms with Crippen molar-refractivity contribution >= 4 is 5.82 Å². The second kappa shape index (κ2) is 6.64. The summed E-state index contributed by atoms with van der Waals surface area (Å²) in [5.41, 5.74) is 0. The summed E-state index contributed by atoms with van der Waals surface area (Å²) in [6.45, 7) is 5.43. The molecule has 0 bridgehead atoms. The van der Waals surface area contributed by atoms with Crippen LogP contribution < -0.4 is 5.32 Å². The average Bonchev–Trinajstić information content (AvgIpc) is 2.37. The number of nitrogens with one attached hydrogen (secondary N) is 1. The molecule has 1 aromatic heterocycles. The zero-order valence-corrected chi connectivity index (χ0v) is 10.9. The van der Waals surface area contributed by atoms with E-state index in [0.717, 1.165) is 19.5 Å². The molecule has 18 heavy (non-hydrogen) atoms. The van der Waals surface area contributed by atoms with Crippen LogP contribution in [0.4, 0.5) is 10.2 Å². The van der Waals surface area contributed by atoms with Crippen LogP contribution in [0.5, 0.6) is 0 Å². The molecule has 1 aliphatic heterocycles. The Morgan fingerprint density at radius 1 is 1.44 bits per heavy atom. The topological polar surface area (TPSA) is 41.0 Å². The monoisotopic (exact) mass is 252 g/mol. The summed E-state index contributed by atoms with van der Waals surface area (Å²) in [6, 6.07) is 2.03. The fraction of sp³-hybridized carbons (Fsp3) is 0.692. The number of aromatic nitrogens is 2. The fourth-order valence-corrected chi connectivity index (χ4v) is 2.42. The van der Waals surface area contributed by atoms with Gasteiger partial charge >= 0.3 is 0 Å². The molecule has 1 saturated heterocycles. The minimum Gasteiger partial charge on any atom is -0.370 e. The van der Waals surface area contributed by atoms with Crippen LogP contribution in [0.2, 0.25) is 0 Å². The Morgan fingerprint density at radius 3 is 3.11 bits per heavy atom. The molecule has 4 nitrogen and oxygen atoms in total. The maximum absolute atomic E-state index is 12.8. The van der Waals surface area contributed by atoms with E-state index in [1.807, 2.05) is 0 Å². The molecule has 2 heterocycles. The van der Waals surface area contributed by atoms with Gasteiger partial charge in [-0.3, -0.25) is 0 Å². The van der Waals surface area contributed by atoms with Crippen LogP contribution in [0.1, 0.15) is 32.6 Å². The first kappa shape index (κ1) is 13.2. The van der Waals surface area contributed by atoms with Crippen molar-refractivity contribution in [1.29, 1.82) is 0 Å². The number of hydrogen-bond donors (Lipinski definition) is 1. The smallest absolute Gasteiger partial charge is 0.217 e. The van der Waals surface area contributed by atoms with Gasteiger partial charge in [0.2, 0.25) is 5.95 Å². The molecule has 1 atom stereocenters. The van der Waals surface area contributed by atoms with Crippen LogP contribution in [-0.4, -0.2) is 40.5 Å². The standard InChI is InChI=1S/C13H21FN4/c1-11-5-2-3-7-18(11)8-4-6-15-13-9-12(14)16-10-17-13/h9-11H,2-8H2,1H3,(H,15,16,17). The van der Waals surface area contributed by atoms with E-state index < -0.39 is 5.95 Å². The Bertz CT molecular complexity index is 372. The minimum atomic E-state index is -0.489. The van der Waals surface area contributed by atoms with E-state index in [1.54, 1.807) is 0 Å². The van der Waals surface area contributed by atoms with Crippen LogP contribution in [0.3, 0.4) is 0 Å². The van der Waals surface area contributed by atoms with E-state index in [9.17, 15) is 4.39 Å². The highest BCUT2D eigenvalue weighted by Gasteiger charge is 2.16. The fourth-order valence-electron chi connectivity index (χ4n) is 2.42. The van der Waals surface area contributed by atoms with Gasteiger partial charge < -0.3 is 10.2 Å². The Morgan fingerprint density at radius 2 is 2.33 bits per heavy atom. The van der Waals surface area contributed by atoms with E-state index in [4.69, 9.17) is 0 Å². The Labute approximate surface area is 108 Å². The third-order valence-corrected chi connectivity index (χ3v) is 3.50. The number of anilines is 1. The second-order valence-electron chi connectivity index (χ2n) is 4.89. The molecule has 0 aliphatic carbocycles. The molecule has 2 rings (SSSR count). The summed E-state index contributed by atoms with van der Waals surface area (Å²) < 4.78 is 12.8. The SMILES string of the molecule is CC1CCCCN1CCCNc1cc(F)ncn1. The molecule has 1 unspecified atom stereocenters. The van der Waals surface area contributed by atoms with E-state index in [-0.39, 0.29) is 0 Å². The third kappa shape index (κ3) is 3.91. The molecule has 0 amide bonds. The van der Waals surface area contributed by atoms with Gasteiger partial charge in [-0.15, -0.1) is 0 Å². The van der Waals surface area contributed by atoms with Gasteiger partial charge in [0.15, 0.2) is 0 Å². The number of piperidine rings is 1. The maximum Gasteiger partial charge on any atom is 0.217 e. The van der Waals surface area contributed by atoms with Gasteiger partial charge in [-0.2, -0.15) is 4.39 Å². The molecule has 0 aromatic carbocycles. The highest BCUT2D eigenvalue weighted by molar-refractivity contribution is 5.31. The summed E-state index contributed by atoms with van der Waals surface area (Å²) in [5, 5.41) is 3.12. The van der Waals surface area contributed by atoms with Crippen molar-refractivity contribution in [3.63, 3.8) is 0 Å². The number of hydrogen-bond acceptors (Lipinski definition) is 4. The summed E-state index contributed by atoms with van der Waals surface area (Å²) >= 11 is 0. The molecule has 100 valence electrons. The highest BCUT2D eigenvalue weighted by Crippen LogP contribution is 2.16. The number of likely N-dealkylation sites (tertiary alicyclic amines) is 1. The van der Waals surface area contributed by atoms with Gasteiger partial charge in [0, 0.05) is 25.2 Å². The Kier molecular flexibility index (Phi) is 4.87. The van der Waals surface area contributed by atoms with E-state index in [1.165, 1.54) is 38.2 Å². The van der Waals surface area contributed by atoms with E-state index >= 15 is 0 Å². The van der Waals surface area contributed by atoms with Crippen molar-refractivity contribution in [2.24, 2.45) is 0 Å². The van der Waals surface area contributed by atoms with Crippen molar-refractivity contribution in [1.82, 2.24) is 14.9 Å². The molecule has 1 aromatic rings. The van der Waals surface area contributed by atoms with Crippen LogP contribution >= 0.6 is 0 Å². The molecule has 1 aliphatic rings.